The van der Waals surface area contributed by atoms with Gasteiger partial charge in [0.2, 0.25) is 0 Å². The highest BCUT2D eigenvalue weighted by Gasteiger charge is 2.37. The Morgan fingerprint density at radius 2 is 2.20 bits per heavy atom. The van der Waals surface area contributed by atoms with Crippen LogP contribution < -0.4 is 0 Å². The predicted molar refractivity (Wildman–Crippen MR) is 74.1 cm³/mol. The number of hydrogen-bond acceptors (Lipinski definition) is 5. The van der Waals surface area contributed by atoms with Crippen LogP contribution in [0.5, 0.6) is 0 Å². The lowest BCUT2D eigenvalue weighted by Gasteiger charge is -2.22. The fourth-order valence-electron chi connectivity index (χ4n) is 2.55. The maximum absolute atomic E-state index is 12.6. The van der Waals surface area contributed by atoms with E-state index in [-0.39, 0.29) is 24.5 Å². The largest absolute Gasteiger partial charge is 0.481 e. The van der Waals surface area contributed by atoms with E-state index in [2.05, 4.69) is 4.98 Å². The van der Waals surface area contributed by atoms with Crippen LogP contribution in [0.15, 0.2) is 0 Å². The molecule has 1 aliphatic rings. The molecule has 0 radical (unpaired) electrons. The van der Waals surface area contributed by atoms with Crippen molar-refractivity contribution in [2.45, 2.75) is 38.8 Å². The van der Waals surface area contributed by atoms with E-state index in [4.69, 9.17) is 9.84 Å². The third-order valence-electron chi connectivity index (χ3n) is 3.48. The monoisotopic (exact) mass is 298 g/mol. The van der Waals surface area contributed by atoms with Crippen molar-refractivity contribution in [1.29, 1.82) is 0 Å². The summed E-state index contributed by atoms with van der Waals surface area (Å²) in [6.07, 6.45) is 0.408. The van der Waals surface area contributed by atoms with Gasteiger partial charge in [0.1, 0.15) is 4.88 Å². The number of carboxylic acid groups (broad SMARTS) is 1. The van der Waals surface area contributed by atoms with Crippen LogP contribution in [0.2, 0.25) is 0 Å². The zero-order valence-electron chi connectivity index (χ0n) is 11.8. The molecule has 2 atom stereocenters. The molecular formula is C13H18N2O4S. The van der Waals surface area contributed by atoms with Gasteiger partial charge in [-0.05, 0) is 20.3 Å². The molecular weight excluding hydrogens is 280 g/mol. The number of aromatic nitrogens is 1. The summed E-state index contributed by atoms with van der Waals surface area (Å²) in [5.74, 6) is -1.04. The Morgan fingerprint density at radius 3 is 2.70 bits per heavy atom. The molecule has 0 bridgehead atoms. The van der Waals surface area contributed by atoms with E-state index in [9.17, 15) is 9.59 Å². The van der Waals surface area contributed by atoms with Crippen molar-refractivity contribution in [3.05, 3.63) is 15.6 Å². The molecule has 0 saturated carbocycles. The fraction of sp³-hybridized carbons (Fsp3) is 0.615. The van der Waals surface area contributed by atoms with Crippen LogP contribution in [0.4, 0.5) is 0 Å². The average molecular weight is 298 g/mol. The number of methoxy groups -OCH3 is 1. The van der Waals surface area contributed by atoms with Crippen LogP contribution in [-0.2, 0) is 9.53 Å². The lowest BCUT2D eigenvalue weighted by atomic mass is 10.1. The molecule has 1 aliphatic heterocycles. The van der Waals surface area contributed by atoms with Gasteiger partial charge >= 0.3 is 5.97 Å². The molecule has 0 aliphatic carbocycles. The minimum Gasteiger partial charge on any atom is -0.481 e. The van der Waals surface area contributed by atoms with Gasteiger partial charge in [0, 0.05) is 19.7 Å². The number of rotatable bonds is 4. The molecule has 110 valence electrons. The van der Waals surface area contributed by atoms with Gasteiger partial charge < -0.3 is 14.7 Å². The second-order valence-electron chi connectivity index (χ2n) is 4.95. The quantitative estimate of drug-likeness (QED) is 0.910. The smallest absolute Gasteiger partial charge is 0.305 e. The number of ether oxygens (including phenoxy) is 1. The molecule has 6 nitrogen and oxygen atoms in total. The summed E-state index contributed by atoms with van der Waals surface area (Å²) < 4.78 is 5.28. The first-order chi connectivity index (χ1) is 9.42. The molecule has 2 heterocycles. The zero-order valence-corrected chi connectivity index (χ0v) is 12.6. The Labute approximate surface area is 121 Å². The molecule has 1 saturated heterocycles. The van der Waals surface area contributed by atoms with E-state index in [1.54, 1.807) is 18.9 Å². The van der Waals surface area contributed by atoms with Crippen LogP contribution in [-0.4, -0.2) is 52.7 Å². The van der Waals surface area contributed by atoms with Gasteiger partial charge in [-0.25, -0.2) is 4.98 Å². The van der Waals surface area contributed by atoms with E-state index in [1.807, 2.05) is 6.92 Å². The average Bonchev–Trinajstić information content (AvgIpc) is 2.91. The van der Waals surface area contributed by atoms with Crippen molar-refractivity contribution >= 4 is 23.2 Å². The number of thiazole rings is 1. The molecule has 1 amide bonds. The van der Waals surface area contributed by atoms with Crippen molar-refractivity contribution in [3.8, 4) is 0 Å². The molecule has 20 heavy (non-hydrogen) atoms. The third kappa shape index (κ3) is 2.99. The highest BCUT2D eigenvalue weighted by atomic mass is 32.1. The Hall–Kier alpha value is -1.47. The number of carboxylic acids is 1. The molecule has 1 fully saturated rings. The summed E-state index contributed by atoms with van der Waals surface area (Å²) in [5, 5.41) is 9.81. The number of nitrogens with zero attached hydrogens (tertiary/aromatic N) is 2. The number of carbonyl (C=O) groups excluding carboxylic acids is 1. The Balaban J connectivity index is 2.21. The molecule has 0 spiro atoms. The van der Waals surface area contributed by atoms with E-state index >= 15 is 0 Å². The van der Waals surface area contributed by atoms with Crippen LogP contribution >= 0.6 is 11.3 Å². The van der Waals surface area contributed by atoms with E-state index in [1.165, 1.54) is 11.3 Å². The first kappa shape index (κ1) is 14.9. The molecule has 1 aromatic rings. The second kappa shape index (κ2) is 5.88. The van der Waals surface area contributed by atoms with Gasteiger partial charge in [-0.15, -0.1) is 11.3 Å². The highest BCUT2D eigenvalue weighted by molar-refractivity contribution is 7.13. The topological polar surface area (TPSA) is 79.7 Å². The summed E-state index contributed by atoms with van der Waals surface area (Å²) in [5.41, 5.74) is 0.701. The van der Waals surface area contributed by atoms with Gasteiger partial charge in [0.25, 0.3) is 5.91 Å². The van der Waals surface area contributed by atoms with E-state index in [0.717, 1.165) is 5.01 Å². The predicted octanol–water partition coefficient (Wildman–Crippen LogP) is 1.46. The number of amides is 1. The first-order valence-corrected chi connectivity index (χ1v) is 7.23. The van der Waals surface area contributed by atoms with Crippen LogP contribution in [0, 0.1) is 13.8 Å². The van der Waals surface area contributed by atoms with Crippen molar-refractivity contribution in [2.24, 2.45) is 0 Å². The van der Waals surface area contributed by atoms with E-state index < -0.39 is 5.97 Å². The van der Waals surface area contributed by atoms with Crippen molar-refractivity contribution in [3.63, 3.8) is 0 Å². The van der Waals surface area contributed by atoms with Crippen LogP contribution in [0.3, 0.4) is 0 Å². The zero-order chi connectivity index (χ0) is 14.9. The Bertz CT molecular complexity index is 528. The number of aryl methyl sites for hydroxylation is 2. The van der Waals surface area contributed by atoms with Crippen molar-refractivity contribution < 1.29 is 19.4 Å². The lowest BCUT2D eigenvalue weighted by molar-refractivity contribution is -0.137. The van der Waals surface area contributed by atoms with Crippen LogP contribution in [0.25, 0.3) is 0 Å². The highest BCUT2D eigenvalue weighted by Crippen LogP contribution is 2.27. The van der Waals surface area contributed by atoms with Gasteiger partial charge in [-0.3, -0.25) is 9.59 Å². The van der Waals surface area contributed by atoms with Crippen molar-refractivity contribution in [2.75, 3.05) is 13.7 Å². The normalized spacial score (nSPS) is 22.2. The van der Waals surface area contributed by atoms with Crippen molar-refractivity contribution in [1.82, 2.24) is 9.88 Å². The SMILES string of the molecule is COC1CC(CC(=O)O)N(C(=O)c2sc(C)nc2C)C1. The van der Waals surface area contributed by atoms with Gasteiger partial charge in [-0.2, -0.15) is 0 Å². The number of carbonyl (C=O) groups is 2. The van der Waals surface area contributed by atoms with Gasteiger partial charge in [0.15, 0.2) is 0 Å². The number of likely N-dealkylation sites (tertiary alicyclic amines) is 1. The fourth-order valence-corrected chi connectivity index (χ4v) is 3.42. The molecule has 1 N–H and O–H groups in total. The maximum atomic E-state index is 12.6. The molecule has 0 aromatic carbocycles. The standard InChI is InChI=1S/C13H18N2O4S/c1-7-12(20-8(2)14-7)13(18)15-6-10(19-3)4-9(15)5-11(16)17/h9-10H,4-6H2,1-3H3,(H,16,17). The minimum atomic E-state index is -0.901. The summed E-state index contributed by atoms with van der Waals surface area (Å²) >= 11 is 1.35. The first-order valence-electron chi connectivity index (χ1n) is 6.42. The summed E-state index contributed by atoms with van der Waals surface area (Å²) in [6, 6.07) is -0.313. The molecule has 1 aromatic heterocycles. The third-order valence-corrected chi connectivity index (χ3v) is 4.54. The summed E-state index contributed by atoms with van der Waals surface area (Å²) in [6.45, 7) is 4.08. The number of aliphatic carboxylic acids is 1. The lowest BCUT2D eigenvalue weighted by Crippen LogP contribution is -2.37. The summed E-state index contributed by atoms with van der Waals surface area (Å²) in [7, 11) is 1.58. The maximum Gasteiger partial charge on any atom is 0.305 e. The Kier molecular flexibility index (Phi) is 4.39. The second-order valence-corrected chi connectivity index (χ2v) is 6.15. The van der Waals surface area contributed by atoms with Crippen LogP contribution in [0.1, 0.15) is 33.2 Å². The molecule has 2 unspecified atom stereocenters. The Morgan fingerprint density at radius 1 is 1.50 bits per heavy atom. The summed E-state index contributed by atoms with van der Waals surface area (Å²) in [4.78, 5) is 30.0. The van der Waals surface area contributed by atoms with Gasteiger partial charge in [0.05, 0.1) is 23.2 Å². The van der Waals surface area contributed by atoms with E-state index in [0.29, 0.717) is 23.5 Å². The van der Waals surface area contributed by atoms with Gasteiger partial charge in [-0.1, -0.05) is 0 Å². The molecule has 2 rings (SSSR count). The minimum absolute atomic E-state index is 0.0531. The molecule has 7 heteroatoms. The number of hydrogen-bond donors (Lipinski definition) is 1.